The van der Waals surface area contributed by atoms with Crippen LogP contribution in [0.2, 0.25) is 0 Å². The van der Waals surface area contributed by atoms with Crippen molar-refractivity contribution < 1.29 is 0 Å². The topological polar surface area (TPSA) is 12.0 Å². The molecule has 0 aromatic heterocycles. The number of benzene rings is 2. The van der Waals surface area contributed by atoms with Crippen LogP contribution in [-0.2, 0) is 0 Å². The maximum absolute atomic E-state index is 3.44. The fraction of sp³-hybridized carbons (Fsp3) is 0.263. The summed E-state index contributed by atoms with van der Waals surface area (Å²) in [6.07, 6.45) is 0. The highest BCUT2D eigenvalue weighted by Crippen LogP contribution is 2.22. The van der Waals surface area contributed by atoms with Crippen LogP contribution in [0.4, 0.5) is 0 Å². The molecule has 0 saturated heterocycles. The van der Waals surface area contributed by atoms with Crippen molar-refractivity contribution in [2.75, 3.05) is 12.3 Å². The van der Waals surface area contributed by atoms with Crippen LogP contribution in [0.1, 0.15) is 31.0 Å². The van der Waals surface area contributed by atoms with Crippen molar-refractivity contribution in [2.24, 2.45) is 0 Å². The van der Waals surface area contributed by atoms with Crippen LogP contribution >= 0.6 is 11.8 Å². The lowest BCUT2D eigenvalue weighted by molar-refractivity contribution is 0.597. The molecule has 1 N–H and O–H groups in total. The van der Waals surface area contributed by atoms with E-state index in [1.165, 1.54) is 10.5 Å². The maximum atomic E-state index is 3.44. The van der Waals surface area contributed by atoms with E-state index in [4.69, 9.17) is 0 Å². The van der Waals surface area contributed by atoms with E-state index in [0.717, 1.165) is 17.9 Å². The SMILES string of the molecule is CCNC(C)c1cccc(SCC#Cc2ccccc2)c1. The van der Waals surface area contributed by atoms with Crippen LogP contribution in [0.15, 0.2) is 59.5 Å². The third-order valence-corrected chi connectivity index (χ3v) is 4.06. The van der Waals surface area contributed by atoms with Crippen LogP contribution in [-0.4, -0.2) is 12.3 Å². The summed E-state index contributed by atoms with van der Waals surface area (Å²) in [6.45, 7) is 5.32. The quantitative estimate of drug-likeness (QED) is 0.644. The normalized spacial score (nSPS) is 11.5. The summed E-state index contributed by atoms with van der Waals surface area (Å²) in [5, 5.41) is 3.44. The highest BCUT2D eigenvalue weighted by molar-refractivity contribution is 7.99. The molecule has 0 aliphatic heterocycles. The molecule has 0 aliphatic rings. The summed E-state index contributed by atoms with van der Waals surface area (Å²) < 4.78 is 0. The molecule has 0 spiro atoms. The van der Waals surface area contributed by atoms with Gasteiger partial charge in [-0.1, -0.05) is 49.1 Å². The molecule has 1 atom stereocenters. The standard InChI is InChI=1S/C19H21NS/c1-3-20-16(2)18-12-7-13-19(15-18)21-14-8-11-17-9-5-4-6-10-17/h4-7,9-10,12-13,15-16,20H,3,14H2,1-2H3. The van der Waals surface area contributed by atoms with Gasteiger partial charge in [0, 0.05) is 16.5 Å². The van der Waals surface area contributed by atoms with E-state index in [-0.39, 0.29) is 0 Å². The lowest BCUT2D eigenvalue weighted by Crippen LogP contribution is -2.17. The van der Waals surface area contributed by atoms with E-state index in [2.05, 4.69) is 55.3 Å². The van der Waals surface area contributed by atoms with Crippen molar-refractivity contribution in [1.29, 1.82) is 0 Å². The first kappa shape index (κ1) is 15.7. The van der Waals surface area contributed by atoms with E-state index in [9.17, 15) is 0 Å². The second-order valence-corrected chi connectivity index (χ2v) is 5.86. The zero-order valence-electron chi connectivity index (χ0n) is 12.6. The number of rotatable bonds is 5. The molecular weight excluding hydrogens is 274 g/mol. The molecule has 1 unspecified atom stereocenters. The maximum Gasteiger partial charge on any atom is 0.0598 e. The van der Waals surface area contributed by atoms with Crippen molar-refractivity contribution in [2.45, 2.75) is 24.8 Å². The second-order valence-electron chi connectivity index (χ2n) is 4.81. The monoisotopic (exact) mass is 295 g/mol. The van der Waals surface area contributed by atoms with E-state index in [1.54, 1.807) is 11.8 Å². The minimum Gasteiger partial charge on any atom is -0.310 e. The molecule has 1 nitrogen and oxygen atoms in total. The zero-order chi connectivity index (χ0) is 14.9. The number of nitrogens with one attached hydrogen (secondary N) is 1. The average Bonchev–Trinajstić information content (AvgIpc) is 2.53. The van der Waals surface area contributed by atoms with Gasteiger partial charge in [0.25, 0.3) is 0 Å². The summed E-state index contributed by atoms with van der Waals surface area (Å²) >= 11 is 1.79. The van der Waals surface area contributed by atoms with Gasteiger partial charge in [0.15, 0.2) is 0 Å². The van der Waals surface area contributed by atoms with Gasteiger partial charge in [-0.3, -0.25) is 0 Å². The molecule has 2 aromatic carbocycles. The van der Waals surface area contributed by atoms with Gasteiger partial charge >= 0.3 is 0 Å². The molecule has 108 valence electrons. The molecule has 2 rings (SSSR count). The fourth-order valence-electron chi connectivity index (χ4n) is 2.08. The predicted molar refractivity (Wildman–Crippen MR) is 92.6 cm³/mol. The van der Waals surface area contributed by atoms with Crippen LogP contribution in [0, 0.1) is 11.8 Å². The summed E-state index contributed by atoms with van der Waals surface area (Å²) in [6, 6.07) is 19.2. The van der Waals surface area contributed by atoms with Gasteiger partial charge in [-0.25, -0.2) is 0 Å². The minimum absolute atomic E-state index is 0.394. The van der Waals surface area contributed by atoms with Crippen molar-refractivity contribution in [3.63, 3.8) is 0 Å². The Morgan fingerprint density at radius 3 is 2.67 bits per heavy atom. The molecule has 0 fully saturated rings. The molecular formula is C19H21NS. The number of hydrogen-bond donors (Lipinski definition) is 1. The highest BCUT2D eigenvalue weighted by atomic mass is 32.2. The van der Waals surface area contributed by atoms with Gasteiger partial charge in [0.2, 0.25) is 0 Å². The molecule has 0 aliphatic carbocycles. The van der Waals surface area contributed by atoms with E-state index in [0.29, 0.717) is 6.04 Å². The third-order valence-electron chi connectivity index (χ3n) is 3.19. The largest absolute Gasteiger partial charge is 0.310 e. The molecule has 0 heterocycles. The summed E-state index contributed by atoms with van der Waals surface area (Å²) in [4.78, 5) is 1.28. The van der Waals surface area contributed by atoms with Gasteiger partial charge in [-0.15, -0.1) is 11.8 Å². The first-order valence-electron chi connectivity index (χ1n) is 7.29. The second kappa shape index (κ2) is 8.56. The van der Waals surface area contributed by atoms with Crippen LogP contribution < -0.4 is 5.32 Å². The Morgan fingerprint density at radius 1 is 1.10 bits per heavy atom. The lowest BCUT2D eigenvalue weighted by atomic mass is 10.1. The zero-order valence-corrected chi connectivity index (χ0v) is 13.4. The Morgan fingerprint density at radius 2 is 1.90 bits per heavy atom. The van der Waals surface area contributed by atoms with E-state index < -0.39 is 0 Å². The Balaban J connectivity index is 1.92. The van der Waals surface area contributed by atoms with Crippen molar-refractivity contribution in [3.05, 3.63) is 65.7 Å². The first-order valence-corrected chi connectivity index (χ1v) is 8.28. The lowest BCUT2D eigenvalue weighted by Gasteiger charge is -2.13. The van der Waals surface area contributed by atoms with Crippen molar-refractivity contribution >= 4 is 11.8 Å². The number of thioether (sulfide) groups is 1. The van der Waals surface area contributed by atoms with Crippen molar-refractivity contribution in [3.8, 4) is 11.8 Å². The Hall–Kier alpha value is -1.69. The van der Waals surface area contributed by atoms with Gasteiger partial charge in [-0.05, 0) is 43.3 Å². The highest BCUT2D eigenvalue weighted by Gasteiger charge is 2.03. The molecule has 2 aromatic rings. The fourth-order valence-corrected chi connectivity index (χ4v) is 2.78. The Bertz CT molecular complexity index is 610. The molecule has 0 bridgehead atoms. The molecule has 21 heavy (non-hydrogen) atoms. The number of hydrogen-bond acceptors (Lipinski definition) is 2. The Labute approximate surface area is 132 Å². The smallest absolute Gasteiger partial charge is 0.0598 e. The average molecular weight is 295 g/mol. The summed E-state index contributed by atoms with van der Waals surface area (Å²) in [5.74, 6) is 7.22. The van der Waals surface area contributed by atoms with Gasteiger partial charge in [0.1, 0.15) is 0 Å². The van der Waals surface area contributed by atoms with E-state index >= 15 is 0 Å². The summed E-state index contributed by atoms with van der Waals surface area (Å²) in [7, 11) is 0. The minimum atomic E-state index is 0.394. The summed E-state index contributed by atoms with van der Waals surface area (Å²) in [5.41, 5.74) is 2.41. The third kappa shape index (κ3) is 5.30. The molecule has 0 saturated carbocycles. The Kier molecular flexibility index (Phi) is 6.40. The van der Waals surface area contributed by atoms with Crippen LogP contribution in [0.5, 0.6) is 0 Å². The molecule has 0 amide bonds. The van der Waals surface area contributed by atoms with E-state index in [1.807, 2.05) is 30.3 Å². The van der Waals surface area contributed by atoms with Gasteiger partial charge in [0.05, 0.1) is 5.75 Å². The van der Waals surface area contributed by atoms with Gasteiger partial charge < -0.3 is 5.32 Å². The molecule has 2 heteroatoms. The molecule has 0 radical (unpaired) electrons. The van der Waals surface area contributed by atoms with Crippen molar-refractivity contribution in [1.82, 2.24) is 5.32 Å². The van der Waals surface area contributed by atoms with Crippen LogP contribution in [0.25, 0.3) is 0 Å². The predicted octanol–water partition coefficient (Wildman–Crippen LogP) is 4.50. The first-order chi connectivity index (χ1) is 10.3. The van der Waals surface area contributed by atoms with Crippen LogP contribution in [0.3, 0.4) is 0 Å². The van der Waals surface area contributed by atoms with Gasteiger partial charge in [-0.2, -0.15) is 0 Å².